The predicted octanol–water partition coefficient (Wildman–Crippen LogP) is 4.35. The lowest BCUT2D eigenvalue weighted by atomic mass is 9.99. The Bertz CT molecular complexity index is 953. The van der Waals surface area contributed by atoms with Crippen LogP contribution in [0.4, 0.5) is 23.4 Å². The predicted molar refractivity (Wildman–Crippen MR) is 85.7 cm³/mol. The molecule has 128 valence electrons. The van der Waals surface area contributed by atoms with Gasteiger partial charge in [-0.1, -0.05) is 24.3 Å². The van der Waals surface area contributed by atoms with Crippen molar-refractivity contribution in [1.82, 2.24) is 9.97 Å². The van der Waals surface area contributed by atoms with Gasteiger partial charge in [0, 0.05) is 18.5 Å². The number of hydrogen-bond donors (Lipinski definition) is 0. The number of rotatable bonds is 1. The van der Waals surface area contributed by atoms with Gasteiger partial charge < -0.3 is 4.90 Å². The Morgan fingerprint density at radius 3 is 2.48 bits per heavy atom. The summed E-state index contributed by atoms with van der Waals surface area (Å²) in [6.07, 6.45) is -3.97. The standard InChI is InChI=1S/C18H13F4N3/c19-13-5-6-15-14(9-13)16(24-17(23-15)18(20,21)22)25-8-7-11-3-1-2-4-12(11)10-25/h1-6,9H,7-8,10H2. The zero-order valence-corrected chi connectivity index (χ0v) is 13.0. The lowest BCUT2D eigenvalue weighted by Gasteiger charge is -2.30. The highest BCUT2D eigenvalue weighted by molar-refractivity contribution is 5.89. The summed E-state index contributed by atoms with van der Waals surface area (Å²) in [5, 5.41) is 0.285. The first-order valence-corrected chi connectivity index (χ1v) is 7.78. The summed E-state index contributed by atoms with van der Waals surface area (Å²) in [7, 11) is 0. The van der Waals surface area contributed by atoms with E-state index in [0.717, 1.165) is 11.6 Å². The molecule has 0 saturated carbocycles. The minimum atomic E-state index is -4.66. The maximum absolute atomic E-state index is 13.7. The number of halogens is 4. The Labute approximate surface area is 140 Å². The van der Waals surface area contributed by atoms with Crippen molar-refractivity contribution in [2.75, 3.05) is 11.4 Å². The highest BCUT2D eigenvalue weighted by atomic mass is 19.4. The molecule has 0 unspecified atom stereocenters. The molecular weight excluding hydrogens is 334 g/mol. The molecular formula is C18H13F4N3. The van der Waals surface area contributed by atoms with E-state index < -0.39 is 17.8 Å². The molecule has 0 N–H and O–H groups in total. The van der Waals surface area contributed by atoms with Gasteiger partial charge in [-0.15, -0.1) is 0 Å². The molecule has 25 heavy (non-hydrogen) atoms. The first-order chi connectivity index (χ1) is 11.9. The van der Waals surface area contributed by atoms with Gasteiger partial charge in [0.15, 0.2) is 0 Å². The van der Waals surface area contributed by atoms with Crippen LogP contribution in [0, 0.1) is 5.82 Å². The molecule has 0 fully saturated rings. The Morgan fingerprint density at radius 2 is 1.72 bits per heavy atom. The molecule has 3 aromatic rings. The normalized spacial score (nSPS) is 14.6. The molecule has 0 saturated heterocycles. The van der Waals surface area contributed by atoms with Crippen LogP contribution in [0.2, 0.25) is 0 Å². The highest BCUT2D eigenvalue weighted by Crippen LogP contribution is 2.34. The smallest absolute Gasteiger partial charge is 0.351 e. The van der Waals surface area contributed by atoms with E-state index in [1.165, 1.54) is 17.7 Å². The van der Waals surface area contributed by atoms with E-state index in [1.807, 2.05) is 24.3 Å². The number of anilines is 1. The molecule has 0 radical (unpaired) electrons. The second-order valence-corrected chi connectivity index (χ2v) is 5.97. The van der Waals surface area contributed by atoms with Crippen LogP contribution < -0.4 is 4.90 Å². The minimum absolute atomic E-state index is 0.0811. The summed E-state index contributed by atoms with van der Waals surface area (Å²) in [5.74, 6) is -1.62. The molecule has 1 aliphatic heterocycles. The molecule has 0 spiro atoms. The summed E-state index contributed by atoms with van der Waals surface area (Å²) < 4.78 is 53.2. The van der Waals surface area contributed by atoms with Crippen molar-refractivity contribution in [1.29, 1.82) is 0 Å². The zero-order valence-electron chi connectivity index (χ0n) is 13.0. The zero-order chi connectivity index (χ0) is 17.6. The average molecular weight is 347 g/mol. The Hall–Kier alpha value is -2.70. The maximum Gasteiger partial charge on any atom is 0.451 e. The Morgan fingerprint density at radius 1 is 0.960 bits per heavy atom. The van der Waals surface area contributed by atoms with E-state index in [2.05, 4.69) is 9.97 Å². The molecule has 4 rings (SSSR count). The number of aromatic nitrogens is 2. The third-order valence-electron chi connectivity index (χ3n) is 4.32. The quantitative estimate of drug-likeness (QED) is 0.613. The van der Waals surface area contributed by atoms with Crippen molar-refractivity contribution in [2.24, 2.45) is 0 Å². The van der Waals surface area contributed by atoms with Crippen LogP contribution in [0.25, 0.3) is 10.9 Å². The van der Waals surface area contributed by atoms with E-state index in [-0.39, 0.29) is 16.7 Å². The fraction of sp³-hybridized carbons (Fsp3) is 0.222. The van der Waals surface area contributed by atoms with Crippen LogP contribution in [-0.2, 0) is 19.1 Å². The Kier molecular flexibility index (Phi) is 3.59. The SMILES string of the molecule is Fc1ccc2nc(C(F)(F)F)nc(N3CCc4ccccc4C3)c2c1. The molecule has 0 atom stereocenters. The number of alkyl halides is 3. The lowest BCUT2D eigenvalue weighted by molar-refractivity contribution is -0.144. The summed E-state index contributed by atoms with van der Waals surface area (Å²) in [6, 6.07) is 11.3. The molecule has 2 aromatic carbocycles. The maximum atomic E-state index is 13.7. The second-order valence-electron chi connectivity index (χ2n) is 5.97. The topological polar surface area (TPSA) is 29.0 Å². The number of benzene rings is 2. The van der Waals surface area contributed by atoms with Crippen molar-refractivity contribution in [2.45, 2.75) is 19.1 Å². The third-order valence-corrected chi connectivity index (χ3v) is 4.32. The van der Waals surface area contributed by atoms with Crippen molar-refractivity contribution >= 4 is 16.7 Å². The van der Waals surface area contributed by atoms with Gasteiger partial charge in [0.05, 0.1) is 5.52 Å². The first kappa shape index (κ1) is 15.8. The van der Waals surface area contributed by atoms with Gasteiger partial charge in [-0.2, -0.15) is 13.2 Å². The number of nitrogens with zero attached hydrogens (tertiary/aromatic N) is 3. The van der Waals surface area contributed by atoms with E-state index in [0.29, 0.717) is 19.5 Å². The van der Waals surface area contributed by atoms with Crippen molar-refractivity contribution in [3.63, 3.8) is 0 Å². The monoisotopic (exact) mass is 347 g/mol. The van der Waals surface area contributed by atoms with Crippen molar-refractivity contribution in [3.8, 4) is 0 Å². The minimum Gasteiger partial charge on any atom is -0.351 e. The van der Waals surface area contributed by atoms with Gasteiger partial charge in [0.2, 0.25) is 5.82 Å². The first-order valence-electron chi connectivity index (χ1n) is 7.78. The Balaban J connectivity index is 1.87. The molecule has 0 aliphatic carbocycles. The average Bonchev–Trinajstić information content (AvgIpc) is 2.59. The van der Waals surface area contributed by atoms with Gasteiger partial charge >= 0.3 is 6.18 Å². The van der Waals surface area contributed by atoms with Crippen molar-refractivity contribution < 1.29 is 17.6 Å². The van der Waals surface area contributed by atoms with Gasteiger partial charge in [-0.25, -0.2) is 14.4 Å². The van der Waals surface area contributed by atoms with E-state index in [4.69, 9.17) is 0 Å². The molecule has 7 heteroatoms. The molecule has 0 amide bonds. The molecule has 2 heterocycles. The molecule has 1 aromatic heterocycles. The summed E-state index contributed by atoms with van der Waals surface area (Å²) in [5.41, 5.74) is 2.28. The van der Waals surface area contributed by atoms with Gasteiger partial charge in [-0.3, -0.25) is 0 Å². The third kappa shape index (κ3) is 2.90. The fourth-order valence-corrected chi connectivity index (χ4v) is 3.13. The lowest BCUT2D eigenvalue weighted by Crippen LogP contribution is -2.32. The van der Waals surface area contributed by atoms with Crippen LogP contribution in [0.15, 0.2) is 42.5 Å². The second kappa shape index (κ2) is 5.68. The highest BCUT2D eigenvalue weighted by Gasteiger charge is 2.36. The van der Waals surface area contributed by atoms with E-state index in [9.17, 15) is 17.6 Å². The van der Waals surface area contributed by atoms with Crippen LogP contribution in [0.5, 0.6) is 0 Å². The summed E-state index contributed by atoms with van der Waals surface area (Å²) in [4.78, 5) is 9.04. The molecule has 1 aliphatic rings. The van der Waals surface area contributed by atoms with Gasteiger partial charge in [-0.05, 0) is 35.7 Å². The van der Waals surface area contributed by atoms with Gasteiger partial charge in [0.1, 0.15) is 11.6 Å². The molecule has 3 nitrogen and oxygen atoms in total. The van der Waals surface area contributed by atoms with E-state index >= 15 is 0 Å². The van der Waals surface area contributed by atoms with Crippen LogP contribution in [0.1, 0.15) is 17.0 Å². The van der Waals surface area contributed by atoms with Crippen LogP contribution in [0.3, 0.4) is 0 Å². The summed E-state index contributed by atoms with van der Waals surface area (Å²) >= 11 is 0. The summed E-state index contributed by atoms with van der Waals surface area (Å²) in [6.45, 7) is 0.938. The van der Waals surface area contributed by atoms with Crippen molar-refractivity contribution in [3.05, 3.63) is 65.2 Å². The fourth-order valence-electron chi connectivity index (χ4n) is 3.13. The number of hydrogen-bond acceptors (Lipinski definition) is 3. The molecule has 0 bridgehead atoms. The van der Waals surface area contributed by atoms with E-state index in [1.54, 1.807) is 4.90 Å². The van der Waals surface area contributed by atoms with Gasteiger partial charge in [0.25, 0.3) is 0 Å². The van der Waals surface area contributed by atoms with Crippen LogP contribution >= 0.6 is 0 Å². The largest absolute Gasteiger partial charge is 0.451 e. The van der Waals surface area contributed by atoms with Crippen LogP contribution in [-0.4, -0.2) is 16.5 Å². The number of fused-ring (bicyclic) bond motifs is 2.